The third kappa shape index (κ3) is 3.73. The highest BCUT2D eigenvalue weighted by atomic mass is 28.3. The van der Waals surface area contributed by atoms with E-state index in [1.54, 1.807) is 0 Å². The van der Waals surface area contributed by atoms with Crippen molar-refractivity contribution in [2.24, 2.45) is 0 Å². The molecule has 0 aliphatic rings. The van der Waals surface area contributed by atoms with Crippen LogP contribution in [0.4, 0.5) is 0 Å². The summed E-state index contributed by atoms with van der Waals surface area (Å²) in [4.78, 5) is 3.52. The van der Waals surface area contributed by atoms with Gasteiger partial charge in [-0.25, -0.2) is 0 Å². The lowest BCUT2D eigenvalue weighted by Gasteiger charge is -2.44. The first-order chi connectivity index (χ1) is 14.1. The van der Waals surface area contributed by atoms with Crippen LogP contribution < -0.4 is 0 Å². The van der Waals surface area contributed by atoms with Crippen molar-refractivity contribution in [1.29, 1.82) is 0 Å². The molecule has 2 heterocycles. The summed E-state index contributed by atoms with van der Waals surface area (Å²) in [6.45, 7) is 21.3. The van der Waals surface area contributed by atoms with Crippen molar-refractivity contribution in [3.05, 3.63) is 82.4 Å². The molecular formula is C27H40N2Si. The predicted octanol–water partition coefficient (Wildman–Crippen LogP) is 7.95. The summed E-state index contributed by atoms with van der Waals surface area (Å²) in [5, 5.41) is 0. The van der Waals surface area contributed by atoms with Crippen LogP contribution in [0.2, 0.25) is 16.6 Å². The monoisotopic (exact) mass is 420 g/mol. The van der Waals surface area contributed by atoms with Gasteiger partial charge < -0.3 is 9.22 Å². The van der Waals surface area contributed by atoms with E-state index in [0.29, 0.717) is 16.6 Å². The fourth-order valence-electron chi connectivity index (χ4n) is 6.39. The predicted molar refractivity (Wildman–Crippen MR) is 133 cm³/mol. The molecule has 0 saturated heterocycles. The van der Waals surface area contributed by atoms with Gasteiger partial charge in [0, 0.05) is 11.9 Å². The molecule has 3 heteroatoms. The number of aromatic nitrogens is 2. The number of H-pyrrole nitrogens is 1. The zero-order valence-corrected chi connectivity index (χ0v) is 21.4. The van der Waals surface area contributed by atoms with Crippen LogP contribution in [0.5, 0.6) is 0 Å². The Balaban J connectivity index is 2.21. The van der Waals surface area contributed by atoms with E-state index in [0.717, 1.165) is 0 Å². The first kappa shape index (κ1) is 22.7. The number of benzene rings is 1. The smallest absolute Gasteiger partial charge is 0.168 e. The number of nitrogens with zero attached hydrogens (tertiary/aromatic N) is 1. The molecule has 0 spiro atoms. The molecule has 1 unspecified atom stereocenters. The summed E-state index contributed by atoms with van der Waals surface area (Å²) in [5.41, 5.74) is 10.2. The Bertz CT molecular complexity index is 931. The van der Waals surface area contributed by atoms with E-state index in [-0.39, 0.29) is 5.92 Å². The molecule has 162 valence electrons. The van der Waals surface area contributed by atoms with E-state index in [1.165, 1.54) is 33.5 Å². The second kappa shape index (κ2) is 8.62. The maximum atomic E-state index is 3.52. The standard InChI is InChI=1S/C27H40N2Si/c1-18(2)30(19(3)4,20(5)6)29-14-12-24(17-29)27(25-11-10-13-28-25)26-22(8)15-21(7)16-23(26)9/h10-20,27-28H,1-9H3. The second-order valence-corrected chi connectivity index (χ2v) is 15.8. The van der Waals surface area contributed by atoms with E-state index in [9.17, 15) is 0 Å². The average molecular weight is 421 g/mol. The molecule has 0 bridgehead atoms. The van der Waals surface area contributed by atoms with Gasteiger partial charge in [-0.15, -0.1) is 0 Å². The molecule has 1 N–H and O–H groups in total. The van der Waals surface area contributed by atoms with Crippen molar-refractivity contribution in [2.75, 3.05) is 0 Å². The van der Waals surface area contributed by atoms with Gasteiger partial charge in [-0.05, 0) is 90.2 Å². The lowest BCUT2D eigenvalue weighted by Crippen LogP contribution is -2.51. The highest BCUT2D eigenvalue weighted by molar-refractivity contribution is 6.82. The second-order valence-electron chi connectivity index (χ2n) is 10.1. The van der Waals surface area contributed by atoms with Gasteiger partial charge in [0.1, 0.15) is 0 Å². The van der Waals surface area contributed by atoms with Crippen LogP contribution in [0.25, 0.3) is 0 Å². The lowest BCUT2D eigenvalue weighted by molar-refractivity contribution is 0.764. The normalized spacial score (nSPS) is 13.6. The summed E-state index contributed by atoms with van der Waals surface area (Å²) in [7, 11) is -1.74. The molecule has 3 rings (SSSR count). The Morgan fingerprint density at radius 1 is 0.833 bits per heavy atom. The molecule has 2 aromatic heterocycles. The molecule has 2 nitrogen and oxygen atoms in total. The Kier molecular flexibility index (Phi) is 6.52. The minimum atomic E-state index is -1.74. The van der Waals surface area contributed by atoms with Crippen molar-refractivity contribution in [1.82, 2.24) is 9.22 Å². The van der Waals surface area contributed by atoms with Gasteiger partial charge in [0.25, 0.3) is 0 Å². The van der Waals surface area contributed by atoms with Gasteiger partial charge in [0.05, 0.1) is 5.92 Å². The Hall–Kier alpha value is -2.00. The first-order valence-corrected chi connectivity index (χ1v) is 13.7. The minimum Gasteiger partial charge on any atom is -0.379 e. The third-order valence-electron chi connectivity index (χ3n) is 7.23. The van der Waals surface area contributed by atoms with Gasteiger partial charge in [-0.1, -0.05) is 59.2 Å². The minimum absolute atomic E-state index is 0.236. The summed E-state index contributed by atoms with van der Waals surface area (Å²) < 4.78 is 2.66. The summed E-state index contributed by atoms with van der Waals surface area (Å²) in [5.74, 6) is 0.236. The molecule has 0 fully saturated rings. The van der Waals surface area contributed by atoms with E-state index >= 15 is 0 Å². The molecule has 0 aliphatic heterocycles. The first-order valence-electron chi connectivity index (χ1n) is 11.5. The quantitative estimate of drug-likeness (QED) is 0.374. The number of aryl methyl sites for hydroxylation is 3. The van der Waals surface area contributed by atoms with Crippen LogP contribution in [0.15, 0.2) is 48.9 Å². The SMILES string of the molecule is Cc1cc(C)c(C(c2ccn([Si](C(C)C)(C(C)C)C(C)C)c2)c2ccc[nH]2)c(C)c1. The highest BCUT2D eigenvalue weighted by Crippen LogP contribution is 2.44. The van der Waals surface area contributed by atoms with Crippen LogP contribution in [-0.2, 0) is 0 Å². The summed E-state index contributed by atoms with van der Waals surface area (Å²) in [6.07, 6.45) is 6.92. The highest BCUT2D eigenvalue weighted by Gasteiger charge is 2.45. The molecule has 30 heavy (non-hydrogen) atoms. The topological polar surface area (TPSA) is 20.7 Å². The number of aromatic amines is 1. The van der Waals surface area contributed by atoms with Gasteiger partial charge in [0.2, 0.25) is 0 Å². The average Bonchev–Trinajstić information content (AvgIpc) is 3.30. The molecule has 0 saturated carbocycles. The maximum Gasteiger partial charge on any atom is 0.168 e. The van der Waals surface area contributed by atoms with Crippen molar-refractivity contribution in [2.45, 2.75) is 84.9 Å². The van der Waals surface area contributed by atoms with E-state index in [1.807, 2.05) is 6.20 Å². The van der Waals surface area contributed by atoms with Crippen LogP contribution in [0.1, 0.15) is 81.0 Å². The Labute approximate surface area is 184 Å². The van der Waals surface area contributed by atoms with Crippen molar-refractivity contribution >= 4 is 8.24 Å². The Morgan fingerprint density at radius 2 is 1.40 bits per heavy atom. The lowest BCUT2D eigenvalue weighted by atomic mass is 9.84. The van der Waals surface area contributed by atoms with Crippen molar-refractivity contribution < 1.29 is 0 Å². The van der Waals surface area contributed by atoms with Crippen LogP contribution in [-0.4, -0.2) is 17.5 Å². The van der Waals surface area contributed by atoms with Crippen LogP contribution in [0.3, 0.4) is 0 Å². The number of hydrogen-bond donors (Lipinski definition) is 1. The molecule has 3 aromatic rings. The third-order valence-corrected chi connectivity index (χ3v) is 14.0. The van der Waals surface area contributed by atoms with Crippen molar-refractivity contribution in [3.63, 3.8) is 0 Å². The molecule has 1 atom stereocenters. The Morgan fingerprint density at radius 3 is 1.87 bits per heavy atom. The fourth-order valence-corrected chi connectivity index (χ4v) is 12.9. The number of hydrogen-bond acceptors (Lipinski definition) is 0. The number of nitrogens with one attached hydrogen (secondary N) is 1. The van der Waals surface area contributed by atoms with Gasteiger partial charge in [0.15, 0.2) is 8.24 Å². The van der Waals surface area contributed by atoms with Crippen molar-refractivity contribution in [3.8, 4) is 0 Å². The molecule has 1 aromatic carbocycles. The zero-order chi connectivity index (χ0) is 22.2. The van der Waals surface area contributed by atoms with E-state index in [2.05, 4.69) is 114 Å². The summed E-state index contributed by atoms with van der Waals surface area (Å²) >= 11 is 0. The molecule has 0 amide bonds. The maximum absolute atomic E-state index is 3.52. The molecule has 0 radical (unpaired) electrons. The summed E-state index contributed by atoms with van der Waals surface area (Å²) in [6, 6.07) is 11.4. The van der Waals surface area contributed by atoms with Crippen LogP contribution >= 0.6 is 0 Å². The molecule has 0 aliphatic carbocycles. The van der Waals surface area contributed by atoms with Gasteiger partial charge in [-0.3, -0.25) is 0 Å². The number of rotatable bonds is 7. The molecular weight excluding hydrogens is 380 g/mol. The van der Waals surface area contributed by atoms with E-state index < -0.39 is 8.24 Å². The zero-order valence-electron chi connectivity index (χ0n) is 20.4. The van der Waals surface area contributed by atoms with E-state index in [4.69, 9.17) is 0 Å². The van der Waals surface area contributed by atoms with Crippen LogP contribution in [0, 0.1) is 20.8 Å². The van der Waals surface area contributed by atoms with Gasteiger partial charge >= 0.3 is 0 Å². The largest absolute Gasteiger partial charge is 0.379 e. The van der Waals surface area contributed by atoms with Gasteiger partial charge in [-0.2, -0.15) is 0 Å². The fraction of sp³-hybridized carbons (Fsp3) is 0.481.